The van der Waals surface area contributed by atoms with Crippen molar-refractivity contribution in [2.45, 2.75) is 43.3 Å². The molecule has 2 N–H and O–H groups in total. The molecule has 0 bridgehead atoms. The molecule has 0 unspecified atom stereocenters. The SMILES string of the molecule is N#CCC[C@@H](Nc1c(C#N)cnc2c(Cl)cc(N[C@H](c3cn(C4(C#N)CC4)nn3)c3ccccc3Cl)cc12)c1ccccc1. The van der Waals surface area contributed by atoms with Crippen LogP contribution in [0.1, 0.15) is 60.2 Å². The molecule has 2 atom stereocenters. The lowest BCUT2D eigenvalue weighted by atomic mass is 10.00. The summed E-state index contributed by atoms with van der Waals surface area (Å²) >= 11 is 13.5. The summed E-state index contributed by atoms with van der Waals surface area (Å²) in [7, 11) is 0. The van der Waals surface area contributed by atoms with Crippen molar-refractivity contribution in [2.24, 2.45) is 0 Å². The summed E-state index contributed by atoms with van der Waals surface area (Å²) in [5.74, 6) is 0. The Morgan fingerprint density at radius 3 is 2.43 bits per heavy atom. The molecule has 0 spiro atoms. The van der Waals surface area contributed by atoms with Crippen LogP contribution < -0.4 is 10.6 Å². The molecule has 1 aliphatic rings. The molecule has 5 aromatic rings. The third-order valence-electron chi connectivity index (χ3n) is 7.81. The largest absolute Gasteiger partial charge is 0.377 e. The summed E-state index contributed by atoms with van der Waals surface area (Å²) in [5, 5.41) is 46.4. The lowest BCUT2D eigenvalue weighted by Crippen LogP contribution is -2.16. The zero-order valence-corrected chi connectivity index (χ0v) is 24.9. The van der Waals surface area contributed by atoms with E-state index in [2.05, 4.69) is 44.1 Å². The standard InChI is InChI=1S/C33H25Cl2N9/c34-26-10-5-4-9-24(26)32(29-19-44(43-42-29)33(20-38)12-13-33)40-23-15-25-30(22(17-37)18-39-31(25)27(35)16-23)41-28(11-6-14-36)21-7-2-1-3-8-21/h1-5,7-10,15-16,18-19,28,32,40H,6,11-13H2,(H,39,41)/t28-,32+/m1/s1. The van der Waals surface area contributed by atoms with Crippen molar-refractivity contribution in [3.8, 4) is 18.2 Å². The number of anilines is 2. The van der Waals surface area contributed by atoms with E-state index < -0.39 is 11.6 Å². The second kappa shape index (κ2) is 12.2. The highest BCUT2D eigenvalue weighted by Crippen LogP contribution is 2.43. The molecule has 1 aliphatic carbocycles. The van der Waals surface area contributed by atoms with Crippen molar-refractivity contribution in [2.75, 3.05) is 10.6 Å². The summed E-state index contributed by atoms with van der Waals surface area (Å²) in [6.45, 7) is 0. The van der Waals surface area contributed by atoms with Gasteiger partial charge < -0.3 is 10.6 Å². The van der Waals surface area contributed by atoms with Gasteiger partial charge in [-0.2, -0.15) is 15.8 Å². The normalized spacial score (nSPS) is 14.5. The fourth-order valence-electron chi connectivity index (χ4n) is 5.29. The van der Waals surface area contributed by atoms with Gasteiger partial charge in [-0.15, -0.1) is 5.10 Å². The first-order valence-corrected chi connectivity index (χ1v) is 14.8. The predicted molar refractivity (Wildman–Crippen MR) is 169 cm³/mol. The van der Waals surface area contributed by atoms with Gasteiger partial charge in [0.2, 0.25) is 0 Å². The van der Waals surface area contributed by atoms with E-state index in [0.29, 0.717) is 56.4 Å². The maximum Gasteiger partial charge on any atom is 0.150 e. The van der Waals surface area contributed by atoms with Crippen LogP contribution in [0.5, 0.6) is 0 Å². The topological polar surface area (TPSA) is 139 Å². The van der Waals surface area contributed by atoms with Crippen LogP contribution in [0.4, 0.5) is 11.4 Å². The summed E-state index contributed by atoms with van der Waals surface area (Å²) in [5.41, 5.74) is 3.75. The van der Waals surface area contributed by atoms with Crippen LogP contribution in [-0.4, -0.2) is 20.0 Å². The third-order valence-corrected chi connectivity index (χ3v) is 8.45. The first-order chi connectivity index (χ1) is 21.5. The summed E-state index contributed by atoms with van der Waals surface area (Å²) in [6.07, 6.45) is 5.59. The van der Waals surface area contributed by atoms with Gasteiger partial charge in [0.05, 0.1) is 52.2 Å². The van der Waals surface area contributed by atoms with Crippen LogP contribution in [0, 0.1) is 34.0 Å². The zero-order valence-electron chi connectivity index (χ0n) is 23.4. The average molecular weight is 619 g/mol. The molecule has 6 rings (SSSR count). The number of nitrogens with zero attached hydrogens (tertiary/aromatic N) is 7. The molecular formula is C33H25Cl2N9. The van der Waals surface area contributed by atoms with E-state index >= 15 is 0 Å². The Labute approximate surface area is 264 Å². The monoisotopic (exact) mass is 617 g/mol. The van der Waals surface area contributed by atoms with E-state index in [0.717, 1.165) is 24.0 Å². The van der Waals surface area contributed by atoms with Gasteiger partial charge >= 0.3 is 0 Å². The number of fused-ring (bicyclic) bond motifs is 1. The Morgan fingerprint density at radius 1 is 0.955 bits per heavy atom. The molecule has 0 aliphatic heterocycles. The molecule has 1 fully saturated rings. The van der Waals surface area contributed by atoms with Crippen LogP contribution in [-0.2, 0) is 5.54 Å². The Bertz CT molecular complexity index is 1960. The van der Waals surface area contributed by atoms with Crippen molar-refractivity contribution in [1.82, 2.24) is 20.0 Å². The Balaban J connectivity index is 1.44. The van der Waals surface area contributed by atoms with Crippen LogP contribution in [0.25, 0.3) is 10.9 Å². The molecule has 2 aromatic heterocycles. The Morgan fingerprint density at radius 2 is 1.73 bits per heavy atom. The number of nitriles is 3. The number of aromatic nitrogens is 4. The molecule has 11 heteroatoms. The minimum atomic E-state index is -0.663. The second-order valence-corrected chi connectivity index (χ2v) is 11.5. The van der Waals surface area contributed by atoms with Gasteiger partial charge in [0, 0.05) is 28.7 Å². The van der Waals surface area contributed by atoms with Crippen molar-refractivity contribution >= 4 is 45.5 Å². The highest BCUT2D eigenvalue weighted by atomic mass is 35.5. The van der Waals surface area contributed by atoms with E-state index in [1.165, 1.54) is 6.20 Å². The average Bonchev–Trinajstić information content (AvgIpc) is 3.70. The molecule has 44 heavy (non-hydrogen) atoms. The molecule has 2 heterocycles. The number of halogens is 2. The molecule has 0 amide bonds. The summed E-state index contributed by atoms with van der Waals surface area (Å²) in [4.78, 5) is 4.50. The first kappa shape index (κ1) is 29.0. The number of hydrogen-bond donors (Lipinski definition) is 2. The minimum absolute atomic E-state index is 0.232. The lowest BCUT2D eigenvalue weighted by Gasteiger charge is -2.23. The summed E-state index contributed by atoms with van der Waals surface area (Å²) < 4.78 is 1.62. The number of benzene rings is 3. The van der Waals surface area contributed by atoms with Gasteiger partial charge in [0.1, 0.15) is 11.8 Å². The maximum absolute atomic E-state index is 10.1. The first-order valence-electron chi connectivity index (χ1n) is 14.0. The van der Waals surface area contributed by atoms with Crippen LogP contribution in [0.15, 0.2) is 79.1 Å². The zero-order chi connectivity index (χ0) is 30.7. The molecule has 3 aromatic carbocycles. The predicted octanol–water partition coefficient (Wildman–Crippen LogP) is 7.68. The van der Waals surface area contributed by atoms with Crippen molar-refractivity contribution in [3.05, 3.63) is 112 Å². The highest BCUT2D eigenvalue weighted by Gasteiger charge is 2.47. The van der Waals surface area contributed by atoms with Gasteiger partial charge in [0.15, 0.2) is 5.54 Å². The Hall–Kier alpha value is -5.14. The van der Waals surface area contributed by atoms with E-state index in [1.54, 1.807) is 23.0 Å². The highest BCUT2D eigenvalue weighted by molar-refractivity contribution is 6.36. The van der Waals surface area contributed by atoms with Gasteiger partial charge in [0.25, 0.3) is 0 Å². The number of nitrogens with one attached hydrogen (secondary N) is 2. The van der Waals surface area contributed by atoms with Crippen LogP contribution >= 0.6 is 23.2 Å². The minimum Gasteiger partial charge on any atom is -0.377 e. The van der Waals surface area contributed by atoms with Gasteiger partial charge in [-0.05, 0) is 48.6 Å². The second-order valence-electron chi connectivity index (χ2n) is 10.6. The Kier molecular flexibility index (Phi) is 8.05. The molecule has 0 radical (unpaired) electrons. The van der Waals surface area contributed by atoms with E-state index in [-0.39, 0.29) is 6.04 Å². The van der Waals surface area contributed by atoms with Crippen molar-refractivity contribution in [1.29, 1.82) is 15.8 Å². The quantitative estimate of drug-likeness (QED) is 0.163. The molecule has 9 nitrogen and oxygen atoms in total. The van der Waals surface area contributed by atoms with Gasteiger partial charge in [-0.1, -0.05) is 76.9 Å². The smallest absolute Gasteiger partial charge is 0.150 e. The van der Waals surface area contributed by atoms with Gasteiger partial charge in [-0.25, -0.2) is 4.68 Å². The third kappa shape index (κ3) is 5.62. The number of hydrogen-bond acceptors (Lipinski definition) is 8. The van der Waals surface area contributed by atoms with Crippen molar-refractivity contribution in [3.63, 3.8) is 0 Å². The maximum atomic E-state index is 10.1. The molecule has 1 saturated carbocycles. The molecule has 216 valence electrons. The fourth-order valence-corrected chi connectivity index (χ4v) is 5.80. The number of pyridine rings is 1. The van der Waals surface area contributed by atoms with E-state index in [1.807, 2.05) is 54.6 Å². The van der Waals surface area contributed by atoms with Crippen LogP contribution in [0.3, 0.4) is 0 Å². The van der Waals surface area contributed by atoms with Crippen molar-refractivity contribution < 1.29 is 0 Å². The van der Waals surface area contributed by atoms with E-state index in [4.69, 9.17) is 23.2 Å². The summed E-state index contributed by atoms with van der Waals surface area (Å²) in [6, 6.07) is 27.0. The fraction of sp³-hybridized carbons (Fsp3) is 0.212. The van der Waals surface area contributed by atoms with Gasteiger partial charge in [-0.3, -0.25) is 4.98 Å². The van der Waals surface area contributed by atoms with Crippen LogP contribution in [0.2, 0.25) is 10.0 Å². The lowest BCUT2D eigenvalue weighted by molar-refractivity contribution is 0.516. The van der Waals surface area contributed by atoms with E-state index in [9.17, 15) is 15.8 Å². The molecule has 0 saturated heterocycles. The number of rotatable bonds is 10. The molecular weight excluding hydrogens is 593 g/mol.